The third-order valence-corrected chi connectivity index (χ3v) is 4.86. The minimum Gasteiger partial charge on any atom is -0.480 e. The van der Waals surface area contributed by atoms with Crippen LogP contribution in [0.15, 0.2) is 0 Å². The molecule has 2 bridgehead atoms. The van der Waals surface area contributed by atoms with Crippen LogP contribution in [0, 0.1) is 17.8 Å². The second-order valence-corrected chi connectivity index (χ2v) is 6.20. The quantitative estimate of drug-likeness (QED) is 0.749. The molecule has 2 aliphatic rings. The lowest BCUT2D eigenvalue weighted by Gasteiger charge is -2.30. The number of aliphatic carboxylic acids is 1. The zero-order valence-electron chi connectivity index (χ0n) is 11.0. The first kappa shape index (κ1) is 12.9. The molecule has 2 saturated carbocycles. The van der Waals surface area contributed by atoms with Crippen LogP contribution in [-0.2, 0) is 4.79 Å². The number of hydrogen-bond acceptors (Lipinski definition) is 2. The van der Waals surface area contributed by atoms with E-state index in [2.05, 4.69) is 5.32 Å². The van der Waals surface area contributed by atoms with Crippen LogP contribution in [0.1, 0.15) is 52.4 Å². The van der Waals surface area contributed by atoms with E-state index in [0.29, 0.717) is 6.42 Å². The molecule has 2 rings (SSSR count). The van der Waals surface area contributed by atoms with Crippen molar-refractivity contribution in [3.05, 3.63) is 0 Å². The Morgan fingerprint density at radius 3 is 2.65 bits per heavy atom. The van der Waals surface area contributed by atoms with Crippen LogP contribution in [0.25, 0.3) is 0 Å². The molecule has 0 saturated heterocycles. The van der Waals surface area contributed by atoms with Gasteiger partial charge in [-0.15, -0.1) is 0 Å². The Labute approximate surface area is 104 Å². The molecule has 2 aliphatic carbocycles. The molecule has 17 heavy (non-hydrogen) atoms. The van der Waals surface area contributed by atoms with Gasteiger partial charge in [-0.1, -0.05) is 19.8 Å². The summed E-state index contributed by atoms with van der Waals surface area (Å²) >= 11 is 0. The lowest BCUT2D eigenvalue weighted by atomic mass is 9.87. The third-order valence-electron chi connectivity index (χ3n) is 4.86. The third kappa shape index (κ3) is 2.65. The summed E-state index contributed by atoms with van der Waals surface area (Å²) in [4.78, 5) is 11.3. The predicted molar refractivity (Wildman–Crippen MR) is 67.9 cm³/mol. The fourth-order valence-electron chi connectivity index (χ4n) is 3.75. The molecule has 0 aliphatic heterocycles. The number of hydrogen-bond donors (Lipinski definition) is 2. The number of nitrogens with one attached hydrogen (secondary N) is 1. The summed E-state index contributed by atoms with van der Waals surface area (Å²) in [6.07, 6.45) is 7.11. The van der Waals surface area contributed by atoms with Crippen molar-refractivity contribution in [2.24, 2.45) is 17.8 Å². The molecule has 0 aromatic rings. The van der Waals surface area contributed by atoms with E-state index in [1.54, 1.807) is 0 Å². The highest BCUT2D eigenvalue weighted by Crippen LogP contribution is 2.48. The van der Waals surface area contributed by atoms with Gasteiger partial charge >= 0.3 is 5.97 Å². The first-order valence-electron chi connectivity index (χ1n) is 7.03. The van der Waals surface area contributed by atoms with Crippen LogP contribution >= 0.6 is 0 Å². The van der Waals surface area contributed by atoms with Gasteiger partial charge in [0.1, 0.15) is 5.54 Å². The van der Waals surface area contributed by atoms with Gasteiger partial charge in [0, 0.05) is 0 Å². The number of rotatable bonds is 6. The van der Waals surface area contributed by atoms with Gasteiger partial charge in [0.25, 0.3) is 0 Å². The Morgan fingerprint density at radius 1 is 1.41 bits per heavy atom. The maximum atomic E-state index is 11.3. The molecule has 2 fully saturated rings. The van der Waals surface area contributed by atoms with Crippen molar-refractivity contribution in [1.82, 2.24) is 5.32 Å². The monoisotopic (exact) mass is 239 g/mol. The van der Waals surface area contributed by atoms with Crippen molar-refractivity contribution in [2.75, 3.05) is 6.54 Å². The topological polar surface area (TPSA) is 49.3 Å². The first-order chi connectivity index (χ1) is 8.05. The summed E-state index contributed by atoms with van der Waals surface area (Å²) in [6, 6.07) is 0. The van der Waals surface area contributed by atoms with E-state index in [1.165, 1.54) is 25.7 Å². The molecular weight excluding hydrogens is 214 g/mol. The fraction of sp³-hybridized carbons (Fsp3) is 0.929. The molecule has 0 aromatic heterocycles. The Kier molecular flexibility index (Phi) is 3.76. The Bertz CT molecular complexity index is 292. The zero-order chi connectivity index (χ0) is 12.5. The Morgan fingerprint density at radius 2 is 2.18 bits per heavy atom. The maximum absolute atomic E-state index is 11.3. The van der Waals surface area contributed by atoms with Crippen LogP contribution in [-0.4, -0.2) is 23.2 Å². The van der Waals surface area contributed by atoms with Crippen molar-refractivity contribution < 1.29 is 9.90 Å². The average Bonchev–Trinajstić information content (AvgIpc) is 2.88. The van der Waals surface area contributed by atoms with E-state index >= 15 is 0 Å². The smallest absolute Gasteiger partial charge is 0.323 e. The second-order valence-electron chi connectivity index (χ2n) is 6.20. The van der Waals surface area contributed by atoms with Crippen LogP contribution in [0.5, 0.6) is 0 Å². The van der Waals surface area contributed by atoms with Gasteiger partial charge in [0.2, 0.25) is 0 Å². The maximum Gasteiger partial charge on any atom is 0.323 e. The van der Waals surface area contributed by atoms with Gasteiger partial charge < -0.3 is 10.4 Å². The highest BCUT2D eigenvalue weighted by Gasteiger charge is 2.41. The summed E-state index contributed by atoms with van der Waals surface area (Å²) in [5.41, 5.74) is -0.726. The zero-order valence-corrected chi connectivity index (χ0v) is 11.0. The van der Waals surface area contributed by atoms with Gasteiger partial charge in [-0.3, -0.25) is 4.79 Å². The lowest BCUT2D eigenvalue weighted by molar-refractivity contribution is -0.144. The molecule has 0 heterocycles. The summed E-state index contributed by atoms with van der Waals surface area (Å²) < 4.78 is 0. The first-order valence-corrected chi connectivity index (χ1v) is 7.03. The molecule has 0 spiro atoms. The van der Waals surface area contributed by atoms with Crippen molar-refractivity contribution in [3.63, 3.8) is 0 Å². The summed E-state index contributed by atoms with van der Waals surface area (Å²) in [5, 5.41) is 12.6. The minimum absolute atomic E-state index is 0.706. The van der Waals surface area contributed by atoms with E-state index < -0.39 is 11.5 Å². The molecule has 98 valence electrons. The summed E-state index contributed by atoms with van der Waals surface area (Å²) in [6.45, 7) is 4.76. The number of carboxylic acids is 1. The highest BCUT2D eigenvalue weighted by atomic mass is 16.4. The minimum atomic E-state index is -0.726. The van der Waals surface area contributed by atoms with E-state index in [0.717, 1.165) is 30.7 Å². The lowest BCUT2D eigenvalue weighted by Crippen LogP contribution is -2.51. The van der Waals surface area contributed by atoms with Gasteiger partial charge in [-0.05, 0) is 56.9 Å². The molecule has 3 nitrogen and oxygen atoms in total. The fourth-order valence-corrected chi connectivity index (χ4v) is 3.75. The molecule has 0 radical (unpaired) electrons. The predicted octanol–water partition coefficient (Wildman–Crippen LogP) is 2.66. The van der Waals surface area contributed by atoms with E-state index in [-0.39, 0.29) is 0 Å². The molecule has 3 heteroatoms. The van der Waals surface area contributed by atoms with Crippen molar-refractivity contribution in [1.29, 1.82) is 0 Å². The van der Waals surface area contributed by atoms with Gasteiger partial charge in [0.05, 0.1) is 0 Å². The van der Waals surface area contributed by atoms with E-state index in [9.17, 15) is 9.90 Å². The van der Waals surface area contributed by atoms with Gasteiger partial charge in [-0.2, -0.15) is 0 Å². The molecule has 2 N–H and O–H groups in total. The van der Waals surface area contributed by atoms with Gasteiger partial charge in [0.15, 0.2) is 0 Å². The van der Waals surface area contributed by atoms with E-state index in [1.807, 2.05) is 13.8 Å². The Hall–Kier alpha value is -0.570. The molecule has 0 aromatic carbocycles. The number of fused-ring (bicyclic) bond motifs is 2. The molecule has 4 unspecified atom stereocenters. The molecule has 0 amide bonds. The van der Waals surface area contributed by atoms with Crippen molar-refractivity contribution in [2.45, 2.75) is 57.9 Å². The number of carbonyl (C=O) groups is 1. The largest absolute Gasteiger partial charge is 0.480 e. The van der Waals surface area contributed by atoms with Crippen LogP contribution < -0.4 is 5.32 Å². The number of carboxylic acid groups (broad SMARTS) is 1. The normalized spacial score (nSPS) is 34.8. The van der Waals surface area contributed by atoms with Crippen LogP contribution in [0.2, 0.25) is 0 Å². The second kappa shape index (κ2) is 4.97. The average molecular weight is 239 g/mol. The summed E-state index contributed by atoms with van der Waals surface area (Å²) in [7, 11) is 0. The van der Waals surface area contributed by atoms with Crippen molar-refractivity contribution in [3.8, 4) is 0 Å². The highest BCUT2D eigenvalue weighted by molar-refractivity contribution is 5.78. The van der Waals surface area contributed by atoms with Crippen molar-refractivity contribution >= 4 is 5.97 Å². The molecule has 4 atom stereocenters. The van der Waals surface area contributed by atoms with Gasteiger partial charge in [-0.25, -0.2) is 0 Å². The van der Waals surface area contributed by atoms with Crippen LogP contribution in [0.3, 0.4) is 0 Å². The van der Waals surface area contributed by atoms with Crippen LogP contribution in [0.4, 0.5) is 0 Å². The van der Waals surface area contributed by atoms with E-state index in [4.69, 9.17) is 0 Å². The summed E-state index contributed by atoms with van der Waals surface area (Å²) in [5.74, 6) is 1.83. The Balaban J connectivity index is 1.85. The standard InChI is InChI=1S/C14H25NO2/c1-3-6-14(2,13(16)17)15-9-12-8-10-4-5-11(12)7-10/h10-12,15H,3-9H2,1-2H3,(H,16,17). The SMILES string of the molecule is CCCC(C)(NCC1CC2CCC1C2)C(=O)O. The molecular formula is C14H25NO2.